The summed E-state index contributed by atoms with van der Waals surface area (Å²) in [6.45, 7) is 4.65. The molecule has 0 aliphatic heterocycles. The molecule has 0 saturated carbocycles. The summed E-state index contributed by atoms with van der Waals surface area (Å²) in [5, 5.41) is 3.61. The summed E-state index contributed by atoms with van der Waals surface area (Å²) in [5.41, 5.74) is 2.19. The van der Waals surface area contributed by atoms with Gasteiger partial charge in [0, 0.05) is 5.02 Å². The van der Waals surface area contributed by atoms with Crippen LogP contribution in [0.4, 0.5) is 0 Å². The molecule has 4 nitrogen and oxygen atoms in total. The number of ether oxygens (including phenoxy) is 2. The maximum absolute atomic E-state index is 11.8. The normalized spacial score (nSPS) is 10.3. The molecule has 0 aliphatic carbocycles. The van der Waals surface area contributed by atoms with Gasteiger partial charge < -0.3 is 14.8 Å². The lowest BCUT2D eigenvalue weighted by Crippen LogP contribution is -2.32. The van der Waals surface area contributed by atoms with E-state index in [1.54, 1.807) is 18.2 Å². The summed E-state index contributed by atoms with van der Waals surface area (Å²) < 4.78 is 11.0. The molecule has 0 heterocycles. The molecule has 0 fully saturated rings. The van der Waals surface area contributed by atoms with Crippen LogP contribution in [0.3, 0.4) is 0 Å². The fourth-order valence-corrected chi connectivity index (χ4v) is 2.46. The number of amides is 1. The standard InChI is InChI=1S/C18H19Cl2NO3/c1-12-3-4-13(2)17(9-12)23-8-7-21-18(22)11-24-16-6-5-14(19)10-15(16)20/h3-6,9-10H,7-8,11H2,1-2H3,(H,21,22). The number of hydrogen-bond acceptors (Lipinski definition) is 3. The molecule has 2 aromatic carbocycles. The molecule has 6 heteroatoms. The molecule has 2 rings (SSSR count). The SMILES string of the molecule is Cc1ccc(C)c(OCCNC(=O)COc2ccc(Cl)cc2Cl)c1. The zero-order chi connectivity index (χ0) is 17.5. The van der Waals surface area contributed by atoms with Crippen molar-refractivity contribution in [2.75, 3.05) is 19.8 Å². The third-order valence-corrected chi connectivity index (χ3v) is 3.81. The first-order chi connectivity index (χ1) is 11.5. The van der Waals surface area contributed by atoms with Gasteiger partial charge in [-0.2, -0.15) is 0 Å². The Morgan fingerprint density at radius 1 is 1.04 bits per heavy atom. The Bertz CT molecular complexity index is 719. The van der Waals surface area contributed by atoms with Crippen LogP contribution in [0.2, 0.25) is 10.0 Å². The average molecular weight is 368 g/mol. The van der Waals surface area contributed by atoms with Gasteiger partial charge in [-0.05, 0) is 49.2 Å². The van der Waals surface area contributed by atoms with Crippen molar-refractivity contribution >= 4 is 29.1 Å². The minimum absolute atomic E-state index is 0.120. The fourth-order valence-electron chi connectivity index (χ4n) is 2.00. The van der Waals surface area contributed by atoms with Gasteiger partial charge in [0.2, 0.25) is 0 Å². The summed E-state index contributed by atoms with van der Waals surface area (Å²) >= 11 is 11.8. The summed E-state index contributed by atoms with van der Waals surface area (Å²) in [6.07, 6.45) is 0. The first-order valence-electron chi connectivity index (χ1n) is 7.50. The lowest BCUT2D eigenvalue weighted by Gasteiger charge is -2.11. The van der Waals surface area contributed by atoms with Crippen molar-refractivity contribution < 1.29 is 14.3 Å². The highest BCUT2D eigenvalue weighted by Crippen LogP contribution is 2.27. The maximum atomic E-state index is 11.8. The molecule has 24 heavy (non-hydrogen) atoms. The number of halogens is 2. The van der Waals surface area contributed by atoms with Gasteiger partial charge in [-0.15, -0.1) is 0 Å². The van der Waals surface area contributed by atoms with E-state index >= 15 is 0 Å². The van der Waals surface area contributed by atoms with Crippen LogP contribution in [0.25, 0.3) is 0 Å². The van der Waals surface area contributed by atoms with Crippen LogP contribution in [-0.2, 0) is 4.79 Å². The quantitative estimate of drug-likeness (QED) is 0.746. The van der Waals surface area contributed by atoms with Crippen molar-refractivity contribution in [1.82, 2.24) is 5.32 Å². The van der Waals surface area contributed by atoms with Gasteiger partial charge in [0.25, 0.3) is 5.91 Å². The predicted molar refractivity (Wildman–Crippen MR) is 96.4 cm³/mol. The van der Waals surface area contributed by atoms with Crippen molar-refractivity contribution in [3.63, 3.8) is 0 Å². The number of benzene rings is 2. The third kappa shape index (κ3) is 5.62. The highest BCUT2D eigenvalue weighted by molar-refractivity contribution is 6.35. The fraction of sp³-hybridized carbons (Fsp3) is 0.278. The average Bonchev–Trinajstić information content (AvgIpc) is 2.54. The molecule has 0 unspecified atom stereocenters. The molecule has 128 valence electrons. The van der Waals surface area contributed by atoms with Crippen molar-refractivity contribution in [2.24, 2.45) is 0 Å². The van der Waals surface area contributed by atoms with E-state index in [4.69, 9.17) is 32.7 Å². The molecule has 0 aromatic heterocycles. The number of carbonyl (C=O) groups is 1. The minimum atomic E-state index is -0.245. The number of rotatable bonds is 7. The first kappa shape index (κ1) is 18.4. The van der Waals surface area contributed by atoms with Crippen molar-refractivity contribution in [2.45, 2.75) is 13.8 Å². The van der Waals surface area contributed by atoms with Crippen molar-refractivity contribution in [3.05, 3.63) is 57.6 Å². The topological polar surface area (TPSA) is 47.6 Å². The highest BCUT2D eigenvalue weighted by atomic mass is 35.5. The highest BCUT2D eigenvalue weighted by Gasteiger charge is 2.06. The summed E-state index contributed by atoms with van der Waals surface area (Å²) in [4.78, 5) is 11.8. The molecule has 0 spiro atoms. The predicted octanol–water partition coefficient (Wildman–Crippen LogP) is 4.18. The molecular weight excluding hydrogens is 349 g/mol. The Labute approximate surface area is 151 Å². The van der Waals surface area contributed by atoms with Crippen molar-refractivity contribution in [1.29, 1.82) is 0 Å². The number of aryl methyl sites for hydroxylation is 2. The van der Waals surface area contributed by atoms with E-state index in [0.717, 1.165) is 16.9 Å². The van der Waals surface area contributed by atoms with Crippen LogP contribution in [0.1, 0.15) is 11.1 Å². The van der Waals surface area contributed by atoms with Gasteiger partial charge in [-0.25, -0.2) is 0 Å². The molecule has 0 atom stereocenters. The lowest BCUT2D eigenvalue weighted by molar-refractivity contribution is -0.123. The van der Waals surface area contributed by atoms with E-state index in [9.17, 15) is 4.79 Å². The second kappa shape index (κ2) is 8.81. The van der Waals surface area contributed by atoms with E-state index in [1.807, 2.05) is 32.0 Å². The molecule has 2 aromatic rings. The number of carbonyl (C=O) groups excluding carboxylic acids is 1. The molecule has 1 N–H and O–H groups in total. The van der Waals surface area contributed by atoms with Gasteiger partial charge in [-0.3, -0.25) is 4.79 Å². The molecule has 0 bridgehead atoms. The zero-order valence-electron chi connectivity index (χ0n) is 13.6. The van der Waals surface area contributed by atoms with Crippen LogP contribution in [0, 0.1) is 13.8 Å². The van der Waals surface area contributed by atoms with Crippen LogP contribution in [0.15, 0.2) is 36.4 Å². The van der Waals surface area contributed by atoms with Gasteiger partial charge in [0.1, 0.15) is 18.1 Å². The zero-order valence-corrected chi connectivity index (χ0v) is 15.1. The molecule has 0 saturated heterocycles. The van der Waals surface area contributed by atoms with Crippen LogP contribution in [0.5, 0.6) is 11.5 Å². The van der Waals surface area contributed by atoms with Crippen LogP contribution < -0.4 is 14.8 Å². The first-order valence-corrected chi connectivity index (χ1v) is 8.26. The van der Waals surface area contributed by atoms with Gasteiger partial charge in [0.05, 0.1) is 11.6 Å². The Balaban J connectivity index is 1.70. The monoisotopic (exact) mass is 367 g/mol. The van der Waals surface area contributed by atoms with E-state index < -0.39 is 0 Å². The third-order valence-electron chi connectivity index (χ3n) is 3.28. The van der Waals surface area contributed by atoms with E-state index in [-0.39, 0.29) is 12.5 Å². The molecular formula is C18H19Cl2NO3. The largest absolute Gasteiger partial charge is 0.491 e. The van der Waals surface area contributed by atoms with Crippen LogP contribution >= 0.6 is 23.2 Å². The Hall–Kier alpha value is -1.91. The van der Waals surface area contributed by atoms with Crippen LogP contribution in [-0.4, -0.2) is 25.7 Å². The molecule has 1 amide bonds. The summed E-state index contributed by atoms with van der Waals surface area (Å²) in [7, 11) is 0. The Kier molecular flexibility index (Phi) is 6.76. The Morgan fingerprint density at radius 3 is 2.58 bits per heavy atom. The van der Waals surface area contributed by atoms with Gasteiger partial charge >= 0.3 is 0 Å². The van der Waals surface area contributed by atoms with Gasteiger partial charge in [0.15, 0.2) is 6.61 Å². The smallest absolute Gasteiger partial charge is 0.258 e. The number of nitrogens with one attached hydrogen (secondary N) is 1. The second-order valence-electron chi connectivity index (χ2n) is 5.33. The van der Waals surface area contributed by atoms with E-state index in [1.165, 1.54) is 0 Å². The van der Waals surface area contributed by atoms with E-state index in [0.29, 0.717) is 28.9 Å². The molecule has 0 aliphatic rings. The second-order valence-corrected chi connectivity index (χ2v) is 6.17. The lowest BCUT2D eigenvalue weighted by atomic mass is 10.1. The minimum Gasteiger partial charge on any atom is -0.491 e. The maximum Gasteiger partial charge on any atom is 0.258 e. The van der Waals surface area contributed by atoms with Crippen molar-refractivity contribution in [3.8, 4) is 11.5 Å². The Morgan fingerprint density at radius 2 is 1.83 bits per heavy atom. The summed E-state index contributed by atoms with van der Waals surface area (Å²) in [6, 6.07) is 10.9. The summed E-state index contributed by atoms with van der Waals surface area (Å²) in [5.74, 6) is 1.00. The van der Waals surface area contributed by atoms with E-state index in [2.05, 4.69) is 5.32 Å². The van der Waals surface area contributed by atoms with Gasteiger partial charge in [-0.1, -0.05) is 35.3 Å². The number of hydrogen-bond donors (Lipinski definition) is 1. The molecule has 0 radical (unpaired) electrons.